The van der Waals surface area contributed by atoms with Crippen LogP contribution in [0.5, 0.6) is 0 Å². The smallest absolute Gasteiger partial charge is 0.236 e. The Morgan fingerprint density at radius 1 is 1.31 bits per heavy atom. The minimum absolute atomic E-state index is 0.156. The lowest BCUT2D eigenvalue weighted by atomic mass is 10.3. The summed E-state index contributed by atoms with van der Waals surface area (Å²) < 4.78 is 2.77. The lowest BCUT2D eigenvalue weighted by molar-refractivity contribution is -0.129. The zero-order chi connectivity index (χ0) is 20.5. The molecule has 7 nitrogen and oxygen atoms in total. The quantitative estimate of drug-likeness (QED) is 0.434. The fraction of sp³-hybridized carbons (Fsp3) is 0.400. The maximum absolute atomic E-state index is 13.0. The second-order valence-corrected chi connectivity index (χ2v) is 9.23. The highest BCUT2D eigenvalue weighted by Crippen LogP contribution is 2.29. The van der Waals surface area contributed by atoms with Gasteiger partial charge in [0.05, 0.1) is 10.6 Å². The van der Waals surface area contributed by atoms with Crippen molar-refractivity contribution < 1.29 is 4.79 Å². The summed E-state index contributed by atoms with van der Waals surface area (Å²) >= 11 is 4.89. The zero-order valence-corrected chi connectivity index (χ0v) is 18.8. The van der Waals surface area contributed by atoms with Crippen molar-refractivity contribution >= 4 is 44.6 Å². The zero-order valence-electron chi connectivity index (χ0n) is 16.4. The summed E-state index contributed by atoms with van der Waals surface area (Å²) in [5.74, 6) is 0.156. The number of hydrogen-bond acceptors (Lipinski definition) is 5. The Hall–Kier alpha value is -2.13. The van der Waals surface area contributed by atoms with Crippen molar-refractivity contribution in [2.75, 3.05) is 13.1 Å². The molecule has 0 spiro atoms. The third-order valence-electron chi connectivity index (χ3n) is 5.18. The second kappa shape index (κ2) is 8.31. The summed E-state index contributed by atoms with van der Waals surface area (Å²) in [5, 5.41) is 17.1. The Kier molecular flexibility index (Phi) is 5.78. The first-order valence-corrected chi connectivity index (χ1v) is 11.4. The van der Waals surface area contributed by atoms with Gasteiger partial charge in [0.25, 0.3) is 0 Å². The van der Waals surface area contributed by atoms with Crippen LogP contribution in [0.25, 0.3) is 16.7 Å². The highest BCUT2D eigenvalue weighted by molar-refractivity contribution is 9.10. The van der Waals surface area contributed by atoms with E-state index >= 15 is 0 Å². The number of aromatic nitrogens is 4. The molecule has 0 bridgehead atoms. The van der Waals surface area contributed by atoms with Gasteiger partial charge in [-0.15, -0.1) is 0 Å². The highest BCUT2D eigenvalue weighted by atomic mass is 79.9. The van der Waals surface area contributed by atoms with Crippen LogP contribution in [0.3, 0.4) is 0 Å². The average Bonchev–Trinajstić information content (AvgIpc) is 3.37. The van der Waals surface area contributed by atoms with Crippen LogP contribution in [0.1, 0.15) is 31.9 Å². The van der Waals surface area contributed by atoms with E-state index in [4.69, 9.17) is 10.4 Å². The Morgan fingerprint density at radius 3 is 2.66 bits per heavy atom. The van der Waals surface area contributed by atoms with Crippen LogP contribution in [0.4, 0.5) is 0 Å². The van der Waals surface area contributed by atoms with Crippen LogP contribution in [0.2, 0.25) is 0 Å². The van der Waals surface area contributed by atoms with Crippen molar-refractivity contribution in [2.24, 2.45) is 0 Å². The van der Waals surface area contributed by atoms with Gasteiger partial charge in [0, 0.05) is 28.9 Å². The molecular weight excluding hydrogens is 452 g/mol. The molecule has 1 saturated heterocycles. The number of rotatable bonds is 5. The summed E-state index contributed by atoms with van der Waals surface area (Å²) in [5.41, 5.74) is 2.46. The molecule has 2 N–H and O–H groups in total. The van der Waals surface area contributed by atoms with Crippen molar-refractivity contribution in [3.05, 3.63) is 39.9 Å². The van der Waals surface area contributed by atoms with Gasteiger partial charge in [0.2, 0.25) is 5.91 Å². The molecular formula is C20H23BrN6OS. The number of nitrogens with one attached hydrogen (secondary N) is 2. The molecule has 29 heavy (non-hydrogen) atoms. The number of likely N-dealkylation sites (tertiary alicyclic amines) is 1. The molecule has 3 heterocycles. The predicted octanol–water partition coefficient (Wildman–Crippen LogP) is 3.79. The number of carbonyl (C=O) groups excluding carboxylic acids is 1. The van der Waals surface area contributed by atoms with Gasteiger partial charge in [-0.1, -0.05) is 34.6 Å². The Bertz CT molecular complexity index is 1100. The van der Waals surface area contributed by atoms with Gasteiger partial charge in [-0.05, 0) is 50.5 Å². The third-order valence-corrected chi connectivity index (χ3v) is 7.01. The number of hydrogen-bond donors (Lipinski definition) is 2. The summed E-state index contributed by atoms with van der Waals surface area (Å²) in [6.07, 6.45) is 2.84. The van der Waals surface area contributed by atoms with E-state index in [1.807, 2.05) is 47.6 Å². The summed E-state index contributed by atoms with van der Waals surface area (Å²) in [7, 11) is 0. The van der Waals surface area contributed by atoms with E-state index in [1.165, 1.54) is 11.8 Å². The monoisotopic (exact) mass is 474 g/mol. The van der Waals surface area contributed by atoms with Gasteiger partial charge in [0.1, 0.15) is 5.49 Å². The third kappa shape index (κ3) is 3.85. The average molecular weight is 475 g/mol. The maximum Gasteiger partial charge on any atom is 0.236 e. The normalized spacial score (nSPS) is 15.2. The van der Waals surface area contributed by atoms with Gasteiger partial charge in [-0.3, -0.25) is 19.9 Å². The van der Waals surface area contributed by atoms with Crippen molar-refractivity contribution in [3.63, 3.8) is 0 Å². The number of carbonyl (C=O) groups is 1. The Labute approximate surface area is 181 Å². The molecule has 9 heteroatoms. The van der Waals surface area contributed by atoms with E-state index in [2.05, 4.69) is 26.1 Å². The van der Waals surface area contributed by atoms with E-state index in [0.29, 0.717) is 28.1 Å². The fourth-order valence-electron chi connectivity index (χ4n) is 3.61. The number of aromatic amines is 1. The number of H-pyrrole nitrogens is 1. The molecule has 1 aromatic carbocycles. The van der Waals surface area contributed by atoms with E-state index in [9.17, 15) is 4.79 Å². The molecule has 1 aliphatic heterocycles. The number of benzene rings is 1. The lowest BCUT2D eigenvalue weighted by Crippen LogP contribution is -2.35. The lowest BCUT2D eigenvalue weighted by Gasteiger charge is -2.23. The van der Waals surface area contributed by atoms with Crippen LogP contribution in [0.15, 0.2) is 33.9 Å². The Morgan fingerprint density at radius 2 is 2.00 bits per heavy atom. The first kappa shape index (κ1) is 20.2. The molecule has 4 rings (SSSR count). The van der Waals surface area contributed by atoms with Crippen LogP contribution in [0, 0.1) is 12.3 Å². The molecule has 1 aliphatic rings. The molecule has 152 valence electrons. The van der Waals surface area contributed by atoms with Gasteiger partial charge >= 0.3 is 0 Å². The van der Waals surface area contributed by atoms with Gasteiger partial charge < -0.3 is 4.90 Å². The van der Waals surface area contributed by atoms with Crippen molar-refractivity contribution in [3.8, 4) is 5.69 Å². The van der Waals surface area contributed by atoms with Crippen LogP contribution >= 0.6 is 27.7 Å². The number of aryl methyl sites for hydroxylation is 1. The van der Waals surface area contributed by atoms with Crippen molar-refractivity contribution in [1.82, 2.24) is 24.6 Å². The molecule has 0 aliphatic carbocycles. The summed E-state index contributed by atoms with van der Waals surface area (Å²) in [6.45, 7) is 5.57. The molecule has 0 radical (unpaired) electrons. The van der Waals surface area contributed by atoms with Gasteiger partial charge in [-0.2, -0.15) is 5.10 Å². The molecule has 2 aromatic heterocycles. The topological polar surface area (TPSA) is 90.7 Å². The largest absolute Gasteiger partial charge is 0.342 e. The Balaban J connectivity index is 1.81. The van der Waals surface area contributed by atoms with Crippen LogP contribution < -0.4 is 5.49 Å². The molecule has 1 atom stereocenters. The second-order valence-electron chi connectivity index (χ2n) is 7.15. The van der Waals surface area contributed by atoms with Crippen LogP contribution in [-0.4, -0.2) is 48.9 Å². The summed E-state index contributed by atoms with van der Waals surface area (Å²) in [4.78, 5) is 19.7. The van der Waals surface area contributed by atoms with Crippen LogP contribution in [-0.2, 0) is 4.79 Å². The number of amides is 1. The van der Waals surface area contributed by atoms with Crippen molar-refractivity contribution in [2.45, 2.75) is 43.5 Å². The fourth-order valence-corrected chi connectivity index (χ4v) is 4.99. The molecule has 1 fully saturated rings. The van der Waals surface area contributed by atoms with E-state index in [-0.39, 0.29) is 11.2 Å². The van der Waals surface area contributed by atoms with Crippen molar-refractivity contribution in [1.29, 1.82) is 5.41 Å². The minimum atomic E-state index is -0.237. The predicted molar refractivity (Wildman–Crippen MR) is 117 cm³/mol. The number of fused-ring (bicyclic) bond motifs is 1. The first-order chi connectivity index (χ1) is 14.0. The van der Waals surface area contributed by atoms with E-state index in [1.54, 1.807) is 0 Å². The van der Waals surface area contributed by atoms with Gasteiger partial charge in [0.15, 0.2) is 10.8 Å². The highest BCUT2D eigenvalue weighted by Gasteiger charge is 2.28. The standard InChI is InChI=1S/C20H23BrN6OS/c1-3-15(19(28)26-10-4-5-11-26)29-20-23-18-16(12(2)24-25-18)17(22)27(20)14-8-6-13(21)7-9-14/h6-9,15,22H,3-5,10-11H2,1-2H3,(H,24,25)/t15-/m0/s1. The number of thioether (sulfide) groups is 1. The SMILES string of the molecule is CC[C@H](Sc1nc2n[nH]c(C)c2c(=N)n1-c1ccc(Br)cc1)C(=O)N1CCCC1. The summed E-state index contributed by atoms with van der Waals surface area (Å²) in [6, 6.07) is 7.77. The molecule has 3 aromatic rings. The van der Waals surface area contributed by atoms with E-state index in [0.717, 1.165) is 41.8 Å². The number of halogens is 1. The van der Waals surface area contributed by atoms with Gasteiger partial charge in [-0.25, -0.2) is 4.98 Å². The maximum atomic E-state index is 13.0. The molecule has 0 saturated carbocycles. The molecule has 0 unspecified atom stereocenters. The first-order valence-electron chi connectivity index (χ1n) is 9.73. The van der Waals surface area contributed by atoms with E-state index < -0.39 is 0 Å². The number of nitrogens with zero attached hydrogens (tertiary/aromatic N) is 4. The molecule has 1 amide bonds. The minimum Gasteiger partial charge on any atom is -0.342 e.